The van der Waals surface area contributed by atoms with Crippen molar-refractivity contribution in [3.05, 3.63) is 18.2 Å². The van der Waals surface area contributed by atoms with Gasteiger partial charge in [-0.05, 0) is 31.6 Å². The maximum absolute atomic E-state index is 4.78. The van der Waals surface area contributed by atoms with E-state index in [1.807, 2.05) is 6.20 Å². The number of nitrogens with one attached hydrogen (secondary N) is 2. The molecule has 1 aliphatic rings. The van der Waals surface area contributed by atoms with E-state index in [0.717, 1.165) is 30.8 Å². The molecule has 0 spiro atoms. The Morgan fingerprint density at radius 2 is 1.85 bits per heavy atom. The minimum atomic E-state index is 0. The number of nitrogens with zero attached hydrogens (tertiary/aromatic N) is 4. The first-order valence-corrected chi connectivity index (χ1v) is 10.2. The van der Waals surface area contributed by atoms with Crippen molar-refractivity contribution in [2.75, 3.05) is 26.2 Å². The van der Waals surface area contributed by atoms with E-state index in [1.54, 1.807) is 0 Å². The summed E-state index contributed by atoms with van der Waals surface area (Å²) in [6, 6.07) is 0.506. The smallest absolute Gasteiger partial charge is 0.191 e. The summed E-state index contributed by atoms with van der Waals surface area (Å²) in [5.74, 6) is 3.29. The van der Waals surface area contributed by atoms with Crippen LogP contribution in [0.25, 0.3) is 0 Å². The second-order valence-electron chi connectivity index (χ2n) is 8.20. The van der Waals surface area contributed by atoms with E-state index in [1.165, 1.54) is 32.5 Å². The van der Waals surface area contributed by atoms with Crippen LogP contribution >= 0.6 is 24.0 Å². The largest absolute Gasteiger partial charge is 0.357 e. The van der Waals surface area contributed by atoms with Crippen LogP contribution in [0.4, 0.5) is 0 Å². The molecule has 1 fully saturated rings. The molecule has 156 valence electrons. The molecule has 2 heterocycles. The lowest BCUT2D eigenvalue weighted by atomic mass is 10.0. The molecule has 0 unspecified atom stereocenters. The highest BCUT2D eigenvalue weighted by Gasteiger charge is 2.20. The van der Waals surface area contributed by atoms with Gasteiger partial charge in [0, 0.05) is 51.2 Å². The van der Waals surface area contributed by atoms with Gasteiger partial charge < -0.3 is 20.1 Å². The van der Waals surface area contributed by atoms with E-state index in [9.17, 15) is 0 Å². The second-order valence-corrected chi connectivity index (χ2v) is 8.20. The number of likely N-dealkylation sites (tertiary alicyclic amines) is 1. The molecule has 1 aromatic rings. The maximum Gasteiger partial charge on any atom is 0.191 e. The molecule has 2 N–H and O–H groups in total. The zero-order valence-corrected chi connectivity index (χ0v) is 20.1. The average molecular weight is 490 g/mol. The van der Waals surface area contributed by atoms with Crippen LogP contribution in [-0.4, -0.2) is 52.6 Å². The molecule has 27 heavy (non-hydrogen) atoms. The fourth-order valence-electron chi connectivity index (χ4n) is 3.49. The average Bonchev–Trinajstić information content (AvgIpc) is 3.00. The highest BCUT2D eigenvalue weighted by molar-refractivity contribution is 14.0. The number of aliphatic imine (C=N–C) groups is 1. The van der Waals surface area contributed by atoms with Crippen LogP contribution in [0.5, 0.6) is 0 Å². The molecule has 1 saturated heterocycles. The molecule has 0 atom stereocenters. The lowest BCUT2D eigenvalue weighted by molar-refractivity contribution is 0.187. The van der Waals surface area contributed by atoms with Crippen molar-refractivity contribution in [3.63, 3.8) is 0 Å². The first kappa shape index (κ1) is 24.2. The lowest BCUT2D eigenvalue weighted by Gasteiger charge is -2.34. The number of guanidine groups is 1. The van der Waals surface area contributed by atoms with Gasteiger partial charge in [0.2, 0.25) is 0 Å². The van der Waals surface area contributed by atoms with Gasteiger partial charge >= 0.3 is 0 Å². The molecule has 2 rings (SSSR count). The van der Waals surface area contributed by atoms with Crippen molar-refractivity contribution >= 4 is 29.9 Å². The monoisotopic (exact) mass is 490 g/mol. The molecule has 0 saturated carbocycles. The summed E-state index contributed by atoms with van der Waals surface area (Å²) in [4.78, 5) is 11.8. The van der Waals surface area contributed by atoms with E-state index in [-0.39, 0.29) is 24.0 Å². The quantitative estimate of drug-likeness (QED) is 0.334. The van der Waals surface area contributed by atoms with Gasteiger partial charge in [-0.25, -0.2) is 9.98 Å². The zero-order valence-electron chi connectivity index (χ0n) is 17.7. The molecule has 0 radical (unpaired) electrons. The van der Waals surface area contributed by atoms with Crippen LogP contribution in [-0.2, 0) is 13.1 Å². The van der Waals surface area contributed by atoms with Gasteiger partial charge in [0.05, 0.1) is 0 Å². The van der Waals surface area contributed by atoms with Gasteiger partial charge in [-0.3, -0.25) is 0 Å². The number of aromatic nitrogens is 2. The molecule has 0 bridgehead atoms. The minimum Gasteiger partial charge on any atom is -0.357 e. The zero-order chi connectivity index (χ0) is 18.9. The van der Waals surface area contributed by atoms with Crippen molar-refractivity contribution in [2.45, 2.75) is 66.6 Å². The molecule has 1 aromatic heterocycles. The maximum atomic E-state index is 4.78. The number of piperidine rings is 1. The van der Waals surface area contributed by atoms with Crippen LogP contribution < -0.4 is 10.6 Å². The SMILES string of the molecule is CCNC(=NCc1nccn1CC(C)C)NC1CCN(CC(C)C)CC1.I. The fourth-order valence-corrected chi connectivity index (χ4v) is 3.49. The Kier molecular flexibility index (Phi) is 11.3. The van der Waals surface area contributed by atoms with Crippen LogP contribution in [0.15, 0.2) is 17.4 Å². The number of imidazole rings is 1. The predicted octanol–water partition coefficient (Wildman–Crippen LogP) is 3.33. The van der Waals surface area contributed by atoms with Crippen LogP contribution in [0.1, 0.15) is 53.3 Å². The summed E-state index contributed by atoms with van der Waals surface area (Å²) < 4.78 is 2.21. The Bertz CT molecular complexity index is 546. The van der Waals surface area contributed by atoms with E-state index >= 15 is 0 Å². The normalized spacial score (nSPS) is 16.6. The molecule has 7 heteroatoms. The van der Waals surface area contributed by atoms with Crippen LogP contribution in [0.3, 0.4) is 0 Å². The summed E-state index contributed by atoms with van der Waals surface area (Å²) in [7, 11) is 0. The van der Waals surface area contributed by atoms with E-state index < -0.39 is 0 Å². The molecule has 0 amide bonds. The third-order valence-corrected chi connectivity index (χ3v) is 4.64. The van der Waals surface area contributed by atoms with Crippen molar-refractivity contribution in [1.29, 1.82) is 0 Å². The van der Waals surface area contributed by atoms with Crippen molar-refractivity contribution in [1.82, 2.24) is 25.1 Å². The van der Waals surface area contributed by atoms with Gasteiger partial charge in [-0.15, -0.1) is 24.0 Å². The van der Waals surface area contributed by atoms with Gasteiger partial charge in [0.15, 0.2) is 5.96 Å². The standard InChI is InChI=1S/C20H38N6.HI/c1-6-21-20(23-13-19-22-9-12-26(19)15-17(4)5)24-18-7-10-25(11-8-18)14-16(2)3;/h9,12,16-18H,6-8,10-11,13-15H2,1-5H3,(H2,21,23,24);1H. The molecular weight excluding hydrogens is 451 g/mol. The van der Waals surface area contributed by atoms with E-state index in [2.05, 4.69) is 65.9 Å². The number of halogens is 1. The fraction of sp³-hybridized carbons (Fsp3) is 0.800. The summed E-state index contributed by atoms with van der Waals surface area (Å²) in [5, 5.41) is 7.01. The lowest BCUT2D eigenvalue weighted by Crippen LogP contribution is -2.49. The number of hydrogen-bond acceptors (Lipinski definition) is 3. The van der Waals surface area contributed by atoms with Gasteiger partial charge in [-0.1, -0.05) is 27.7 Å². The van der Waals surface area contributed by atoms with E-state index in [4.69, 9.17) is 4.99 Å². The molecular formula is C20H39IN6. The molecule has 0 aliphatic carbocycles. The molecule has 0 aromatic carbocycles. The first-order chi connectivity index (χ1) is 12.5. The Labute approximate surface area is 182 Å². The Morgan fingerprint density at radius 3 is 2.44 bits per heavy atom. The highest BCUT2D eigenvalue weighted by Crippen LogP contribution is 2.12. The van der Waals surface area contributed by atoms with Gasteiger partial charge in [0.1, 0.15) is 12.4 Å². The summed E-state index contributed by atoms with van der Waals surface area (Å²) in [5.41, 5.74) is 0. The Morgan fingerprint density at radius 1 is 1.19 bits per heavy atom. The predicted molar refractivity (Wildman–Crippen MR) is 125 cm³/mol. The topological polar surface area (TPSA) is 57.5 Å². The van der Waals surface area contributed by atoms with Crippen molar-refractivity contribution in [2.24, 2.45) is 16.8 Å². The summed E-state index contributed by atoms with van der Waals surface area (Å²) in [6.07, 6.45) is 6.28. The van der Waals surface area contributed by atoms with Crippen LogP contribution in [0.2, 0.25) is 0 Å². The Balaban J connectivity index is 0.00000364. The van der Waals surface area contributed by atoms with Gasteiger partial charge in [-0.2, -0.15) is 0 Å². The summed E-state index contributed by atoms with van der Waals surface area (Å²) in [6.45, 7) is 17.2. The first-order valence-electron chi connectivity index (χ1n) is 10.2. The van der Waals surface area contributed by atoms with Crippen LogP contribution in [0, 0.1) is 11.8 Å². The number of rotatable bonds is 8. The van der Waals surface area contributed by atoms with E-state index in [0.29, 0.717) is 18.5 Å². The van der Waals surface area contributed by atoms with Crippen molar-refractivity contribution in [3.8, 4) is 0 Å². The second kappa shape index (κ2) is 12.6. The summed E-state index contributed by atoms with van der Waals surface area (Å²) >= 11 is 0. The highest BCUT2D eigenvalue weighted by atomic mass is 127. The number of hydrogen-bond donors (Lipinski definition) is 2. The third kappa shape index (κ3) is 8.81. The third-order valence-electron chi connectivity index (χ3n) is 4.64. The Hall–Kier alpha value is -0.830. The van der Waals surface area contributed by atoms with Gasteiger partial charge in [0.25, 0.3) is 0 Å². The van der Waals surface area contributed by atoms with Crippen molar-refractivity contribution < 1.29 is 0 Å². The minimum absolute atomic E-state index is 0. The molecule has 6 nitrogen and oxygen atoms in total. The molecule has 1 aliphatic heterocycles.